The van der Waals surface area contributed by atoms with Crippen LogP contribution in [-0.2, 0) is 9.63 Å². The molecule has 0 unspecified atom stereocenters. The van der Waals surface area contributed by atoms with Gasteiger partial charge in [0.1, 0.15) is 0 Å². The van der Waals surface area contributed by atoms with Crippen molar-refractivity contribution in [3.63, 3.8) is 0 Å². The third-order valence-corrected chi connectivity index (χ3v) is 0.922. The van der Waals surface area contributed by atoms with Gasteiger partial charge in [-0.05, 0) is 0 Å². The van der Waals surface area contributed by atoms with Crippen LogP contribution in [0.25, 0.3) is 0 Å². The Labute approximate surface area is 65.1 Å². The minimum absolute atomic E-state index is 0.0619. The molecule has 0 aliphatic rings. The fourth-order valence-electron chi connectivity index (χ4n) is 0.388. The van der Waals surface area contributed by atoms with Crippen LogP contribution in [-0.4, -0.2) is 25.7 Å². The van der Waals surface area contributed by atoms with E-state index < -0.39 is 0 Å². The number of oxime groups is 1. The average Bonchev–Trinajstić information content (AvgIpc) is 2.03. The summed E-state index contributed by atoms with van der Waals surface area (Å²) < 4.78 is 0. The van der Waals surface area contributed by atoms with Gasteiger partial charge in [0.05, 0.1) is 0 Å². The van der Waals surface area contributed by atoms with E-state index >= 15 is 0 Å². The van der Waals surface area contributed by atoms with Crippen molar-refractivity contribution in [1.82, 2.24) is 5.32 Å². The Bertz CT molecular complexity index is 177. The van der Waals surface area contributed by atoms with Gasteiger partial charge in [0.15, 0.2) is 0 Å². The highest BCUT2D eigenvalue weighted by Gasteiger charge is 2.02. The summed E-state index contributed by atoms with van der Waals surface area (Å²) in [7, 11) is 1.48. The summed E-state index contributed by atoms with van der Waals surface area (Å²) in [5.74, 6) is -0.172. The molecule has 0 fully saturated rings. The van der Waals surface area contributed by atoms with Crippen molar-refractivity contribution >= 4 is 18.6 Å². The second-order valence-electron chi connectivity index (χ2n) is 1.65. The van der Waals surface area contributed by atoms with E-state index in [1.165, 1.54) is 7.05 Å². The molecule has 0 saturated carbocycles. The maximum atomic E-state index is 10.7. The molecule has 0 heterocycles. The predicted octanol–water partition coefficient (Wildman–Crippen LogP) is 0.131. The second kappa shape index (κ2) is 5.40. The van der Waals surface area contributed by atoms with Crippen molar-refractivity contribution in [1.29, 1.82) is 0 Å². The summed E-state index contributed by atoms with van der Waals surface area (Å²) in [6, 6.07) is 0.0619. The Kier molecular flexibility index (Phi) is 4.72. The first-order chi connectivity index (χ1) is 5.24. The number of aliphatic imine (C=N–C) groups is 1. The predicted molar refractivity (Wildman–Crippen MR) is 42.4 cm³/mol. The summed E-state index contributed by atoms with van der Waals surface area (Å²) in [6.07, 6.45) is 0.375. The Morgan fingerprint density at radius 3 is 2.73 bits per heavy atom. The van der Waals surface area contributed by atoms with Gasteiger partial charge in [0.25, 0.3) is 0 Å². The molecule has 62 valence electrons. The van der Waals surface area contributed by atoms with E-state index in [0.717, 1.165) is 0 Å². The monoisotopic (exact) mass is 157 g/mol. The Hall–Kier alpha value is -1.39. The van der Waals surface area contributed by atoms with Crippen LogP contribution in [0.15, 0.2) is 10.1 Å². The molecule has 5 heteroatoms. The summed E-state index contributed by atoms with van der Waals surface area (Å²) in [6.45, 7) is 4.80. The number of nitrogens with zero attached hydrogens (tertiary/aromatic N) is 2. The van der Waals surface area contributed by atoms with Crippen LogP contribution < -0.4 is 5.32 Å². The number of rotatable bonds is 2. The topological polar surface area (TPSA) is 63.1 Å². The second-order valence-corrected chi connectivity index (χ2v) is 1.65. The number of nitrogens with one attached hydrogen (secondary N) is 1. The van der Waals surface area contributed by atoms with Crippen LogP contribution in [0.5, 0.6) is 0 Å². The molecule has 0 aliphatic heterocycles. The molecule has 0 aromatic rings. The lowest BCUT2D eigenvalue weighted by Gasteiger charge is -2.01. The van der Waals surface area contributed by atoms with E-state index in [0.29, 0.717) is 6.42 Å². The Morgan fingerprint density at radius 1 is 1.73 bits per heavy atom. The lowest BCUT2D eigenvalue weighted by molar-refractivity contribution is -0.119. The third-order valence-electron chi connectivity index (χ3n) is 0.922. The van der Waals surface area contributed by atoms with Crippen LogP contribution in [0.1, 0.15) is 13.3 Å². The molecule has 0 radical (unpaired) electrons. The number of amidine groups is 1. The SMILES string of the molecule is C=NO/C(=N\C)NC(=O)CC. The van der Waals surface area contributed by atoms with Gasteiger partial charge in [0, 0.05) is 20.2 Å². The minimum Gasteiger partial charge on any atom is -0.318 e. The largest absolute Gasteiger partial charge is 0.321 e. The summed E-state index contributed by atoms with van der Waals surface area (Å²) >= 11 is 0. The van der Waals surface area contributed by atoms with Gasteiger partial charge in [-0.3, -0.25) is 10.1 Å². The number of hydrogen-bond donors (Lipinski definition) is 1. The average molecular weight is 157 g/mol. The molecule has 0 aromatic carbocycles. The fourth-order valence-corrected chi connectivity index (χ4v) is 0.388. The lowest BCUT2D eigenvalue weighted by atomic mass is 10.5. The molecule has 0 atom stereocenters. The van der Waals surface area contributed by atoms with Crippen molar-refractivity contribution in [2.75, 3.05) is 7.05 Å². The van der Waals surface area contributed by atoms with Crippen molar-refractivity contribution in [2.45, 2.75) is 13.3 Å². The maximum absolute atomic E-state index is 10.7. The molecule has 0 spiro atoms. The smallest absolute Gasteiger partial charge is 0.318 e. The summed E-state index contributed by atoms with van der Waals surface area (Å²) in [5.41, 5.74) is 0. The molecular weight excluding hydrogens is 146 g/mol. The van der Waals surface area contributed by atoms with Crippen LogP contribution in [0, 0.1) is 0 Å². The van der Waals surface area contributed by atoms with Crippen LogP contribution in [0.4, 0.5) is 0 Å². The normalized spacial score (nSPS) is 10.5. The van der Waals surface area contributed by atoms with E-state index in [4.69, 9.17) is 0 Å². The zero-order valence-electron chi connectivity index (χ0n) is 6.63. The van der Waals surface area contributed by atoms with E-state index in [9.17, 15) is 4.79 Å². The lowest BCUT2D eigenvalue weighted by Crippen LogP contribution is -2.30. The molecule has 1 amide bonds. The maximum Gasteiger partial charge on any atom is 0.321 e. The van der Waals surface area contributed by atoms with E-state index in [2.05, 4.69) is 27.0 Å². The summed E-state index contributed by atoms with van der Waals surface area (Å²) in [4.78, 5) is 18.8. The van der Waals surface area contributed by atoms with Crippen LogP contribution in [0.2, 0.25) is 0 Å². The van der Waals surface area contributed by atoms with E-state index in [1.54, 1.807) is 6.92 Å². The minimum atomic E-state index is -0.172. The highest BCUT2D eigenvalue weighted by molar-refractivity contribution is 5.93. The molecular formula is C6H11N3O2. The van der Waals surface area contributed by atoms with Crippen molar-refractivity contribution in [2.24, 2.45) is 10.1 Å². The van der Waals surface area contributed by atoms with Crippen LogP contribution in [0.3, 0.4) is 0 Å². The van der Waals surface area contributed by atoms with E-state index in [1.807, 2.05) is 0 Å². The molecule has 5 nitrogen and oxygen atoms in total. The first kappa shape index (κ1) is 9.61. The van der Waals surface area contributed by atoms with Gasteiger partial charge in [-0.1, -0.05) is 12.1 Å². The molecule has 0 rings (SSSR count). The molecule has 0 aromatic heterocycles. The van der Waals surface area contributed by atoms with Crippen molar-refractivity contribution in [3.05, 3.63) is 0 Å². The highest BCUT2D eigenvalue weighted by atomic mass is 16.6. The number of carbonyl (C=O) groups is 1. The van der Waals surface area contributed by atoms with Gasteiger partial charge in [0.2, 0.25) is 5.91 Å². The van der Waals surface area contributed by atoms with Gasteiger partial charge in [-0.25, -0.2) is 4.99 Å². The molecule has 0 saturated heterocycles. The number of carbonyl (C=O) groups excluding carboxylic acids is 1. The molecule has 1 N–H and O–H groups in total. The highest BCUT2D eigenvalue weighted by Crippen LogP contribution is 1.80. The molecule has 11 heavy (non-hydrogen) atoms. The zero-order chi connectivity index (χ0) is 8.69. The van der Waals surface area contributed by atoms with Crippen LogP contribution >= 0.6 is 0 Å². The summed E-state index contributed by atoms with van der Waals surface area (Å²) in [5, 5.41) is 5.47. The van der Waals surface area contributed by atoms with Crippen molar-refractivity contribution < 1.29 is 9.63 Å². The van der Waals surface area contributed by atoms with Crippen molar-refractivity contribution in [3.8, 4) is 0 Å². The Balaban J connectivity index is 3.88. The zero-order valence-corrected chi connectivity index (χ0v) is 6.63. The van der Waals surface area contributed by atoms with Gasteiger partial charge in [-0.15, -0.1) is 0 Å². The first-order valence-corrected chi connectivity index (χ1v) is 3.14. The third kappa shape index (κ3) is 4.07. The Morgan fingerprint density at radius 2 is 2.36 bits per heavy atom. The fraction of sp³-hybridized carbons (Fsp3) is 0.500. The quantitative estimate of drug-likeness (QED) is 0.352. The van der Waals surface area contributed by atoms with Gasteiger partial charge < -0.3 is 4.84 Å². The standard InChI is InChI=1S/C6H11N3O2/c1-4-5(10)9-6(7-2)11-8-3/h3-4H2,1-2H3,(H,7,9,10). The van der Waals surface area contributed by atoms with Gasteiger partial charge >= 0.3 is 6.02 Å². The first-order valence-electron chi connectivity index (χ1n) is 3.14. The van der Waals surface area contributed by atoms with E-state index in [-0.39, 0.29) is 11.9 Å². The number of amides is 1. The van der Waals surface area contributed by atoms with Gasteiger partial charge in [-0.2, -0.15) is 0 Å². The molecule has 0 bridgehead atoms. The molecule has 0 aliphatic carbocycles. The number of hydrogen-bond acceptors (Lipinski definition) is 4.